The lowest BCUT2D eigenvalue weighted by molar-refractivity contribution is -0.117. The van der Waals surface area contributed by atoms with Crippen LogP contribution in [0.4, 0.5) is 0 Å². The minimum atomic E-state index is -0.326. The van der Waals surface area contributed by atoms with Crippen molar-refractivity contribution in [2.45, 2.75) is 13.3 Å². The molecular weight excluding hydrogens is 366 g/mol. The lowest BCUT2D eigenvalue weighted by atomic mass is 10.1. The molecule has 0 saturated heterocycles. The normalized spacial score (nSPS) is 11.3. The largest absolute Gasteiger partial charge is 0.497 e. The summed E-state index contributed by atoms with van der Waals surface area (Å²) < 4.78 is 5.16. The summed E-state index contributed by atoms with van der Waals surface area (Å²) in [6.07, 6.45) is 2.48. The fourth-order valence-corrected chi connectivity index (χ4v) is 2.62. The molecule has 29 heavy (non-hydrogen) atoms. The fourth-order valence-electron chi connectivity index (χ4n) is 2.62. The Kier molecular flexibility index (Phi) is 8.43. The molecule has 0 atom stereocenters. The highest BCUT2D eigenvalue weighted by Crippen LogP contribution is 2.14. The van der Waals surface area contributed by atoms with Crippen molar-refractivity contribution < 1.29 is 14.3 Å². The van der Waals surface area contributed by atoms with Crippen molar-refractivity contribution >= 4 is 17.9 Å². The van der Waals surface area contributed by atoms with Crippen LogP contribution in [0.25, 0.3) is 6.08 Å². The van der Waals surface area contributed by atoms with Gasteiger partial charge in [0.25, 0.3) is 11.8 Å². The van der Waals surface area contributed by atoms with E-state index in [9.17, 15) is 9.59 Å². The third-order valence-corrected chi connectivity index (χ3v) is 4.30. The van der Waals surface area contributed by atoms with Gasteiger partial charge in [-0.3, -0.25) is 9.59 Å². The lowest BCUT2D eigenvalue weighted by Gasteiger charge is -2.13. The van der Waals surface area contributed by atoms with Crippen molar-refractivity contribution in [2.24, 2.45) is 0 Å². The molecule has 0 aromatic heterocycles. The second-order valence-corrected chi connectivity index (χ2v) is 7.06. The van der Waals surface area contributed by atoms with Crippen molar-refractivity contribution in [1.29, 1.82) is 0 Å². The molecule has 0 saturated carbocycles. The second kappa shape index (κ2) is 11.0. The molecule has 0 heterocycles. The monoisotopic (exact) mass is 395 g/mol. The number of rotatable bonds is 9. The van der Waals surface area contributed by atoms with Crippen molar-refractivity contribution in [3.05, 3.63) is 70.9 Å². The van der Waals surface area contributed by atoms with Gasteiger partial charge in [0, 0.05) is 12.1 Å². The molecule has 0 fully saturated rings. The van der Waals surface area contributed by atoms with E-state index in [0.717, 1.165) is 29.8 Å². The maximum atomic E-state index is 12.7. The number of ether oxygens (including phenoxy) is 1. The number of benzene rings is 2. The molecule has 0 aliphatic carbocycles. The zero-order valence-electron chi connectivity index (χ0n) is 17.5. The van der Waals surface area contributed by atoms with E-state index in [2.05, 4.69) is 15.5 Å². The van der Waals surface area contributed by atoms with Gasteiger partial charge in [0.05, 0.1) is 7.11 Å². The van der Waals surface area contributed by atoms with E-state index in [1.54, 1.807) is 37.5 Å². The molecule has 0 aliphatic rings. The van der Waals surface area contributed by atoms with Crippen LogP contribution < -0.4 is 15.4 Å². The summed E-state index contributed by atoms with van der Waals surface area (Å²) in [7, 11) is 5.57. The van der Waals surface area contributed by atoms with Crippen LogP contribution in [0.2, 0.25) is 0 Å². The molecule has 2 amide bonds. The number of nitrogens with one attached hydrogen (secondary N) is 2. The van der Waals surface area contributed by atoms with Gasteiger partial charge in [-0.25, -0.2) is 0 Å². The minimum Gasteiger partial charge on any atom is -0.497 e. The maximum Gasteiger partial charge on any atom is 0.267 e. The van der Waals surface area contributed by atoms with Crippen molar-refractivity contribution in [2.75, 3.05) is 34.3 Å². The Morgan fingerprint density at radius 1 is 1.03 bits per heavy atom. The van der Waals surface area contributed by atoms with E-state index < -0.39 is 0 Å². The van der Waals surface area contributed by atoms with Crippen molar-refractivity contribution in [1.82, 2.24) is 15.5 Å². The van der Waals surface area contributed by atoms with Gasteiger partial charge in [-0.05, 0) is 69.9 Å². The van der Waals surface area contributed by atoms with Crippen LogP contribution in [0.5, 0.6) is 5.75 Å². The first-order chi connectivity index (χ1) is 13.9. The molecule has 0 spiro atoms. The number of aryl methyl sites for hydroxylation is 1. The first kappa shape index (κ1) is 22.2. The molecule has 6 nitrogen and oxygen atoms in total. The number of hydrogen-bond donors (Lipinski definition) is 2. The molecule has 0 radical (unpaired) electrons. The summed E-state index contributed by atoms with van der Waals surface area (Å²) in [6, 6.07) is 14.5. The first-order valence-electron chi connectivity index (χ1n) is 9.55. The Hall–Kier alpha value is -3.12. The Labute approximate surface area is 172 Å². The van der Waals surface area contributed by atoms with Crippen molar-refractivity contribution in [3.8, 4) is 5.75 Å². The first-order valence-corrected chi connectivity index (χ1v) is 9.55. The molecule has 0 unspecified atom stereocenters. The second-order valence-electron chi connectivity index (χ2n) is 7.06. The van der Waals surface area contributed by atoms with E-state index in [4.69, 9.17) is 4.74 Å². The molecule has 2 rings (SSSR count). The standard InChI is InChI=1S/C23H29N3O3/c1-17-6-10-19(11-7-17)22(27)25-21(23(28)24-14-5-15-26(2)3)16-18-8-12-20(29-4)13-9-18/h6-13,16H,5,14-15H2,1-4H3,(H,24,28)(H,25,27). The molecule has 2 N–H and O–H groups in total. The van der Waals surface area contributed by atoms with E-state index in [1.165, 1.54) is 0 Å². The van der Waals surface area contributed by atoms with Gasteiger partial charge in [0.2, 0.25) is 0 Å². The Morgan fingerprint density at radius 2 is 1.69 bits per heavy atom. The van der Waals surface area contributed by atoms with Gasteiger partial charge in [-0.15, -0.1) is 0 Å². The van der Waals surface area contributed by atoms with Crippen LogP contribution >= 0.6 is 0 Å². The predicted molar refractivity (Wildman–Crippen MR) is 116 cm³/mol. The van der Waals surface area contributed by atoms with Gasteiger partial charge in [-0.2, -0.15) is 0 Å². The van der Waals surface area contributed by atoms with Gasteiger partial charge in [0.15, 0.2) is 0 Å². The Balaban J connectivity index is 2.16. The van der Waals surface area contributed by atoms with E-state index in [0.29, 0.717) is 12.1 Å². The summed E-state index contributed by atoms with van der Waals surface area (Å²) in [5, 5.41) is 5.62. The van der Waals surface area contributed by atoms with Crippen molar-refractivity contribution in [3.63, 3.8) is 0 Å². The maximum absolute atomic E-state index is 12.7. The Bertz CT molecular complexity index is 841. The van der Waals surface area contributed by atoms with E-state index in [-0.39, 0.29) is 17.5 Å². The molecule has 0 aliphatic heterocycles. The average molecular weight is 396 g/mol. The summed E-state index contributed by atoms with van der Waals surface area (Å²) >= 11 is 0. The quantitative estimate of drug-likeness (QED) is 0.506. The number of amides is 2. The van der Waals surface area contributed by atoms with Gasteiger partial charge in [0.1, 0.15) is 11.4 Å². The summed E-state index contributed by atoms with van der Waals surface area (Å²) in [4.78, 5) is 27.4. The van der Waals surface area contributed by atoms with Crippen LogP contribution in [-0.4, -0.2) is 51.0 Å². The molecule has 0 bridgehead atoms. The van der Waals surface area contributed by atoms with E-state index in [1.807, 2.05) is 45.3 Å². The highest BCUT2D eigenvalue weighted by atomic mass is 16.5. The molecule has 6 heteroatoms. The number of carbonyl (C=O) groups excluding carboxylic acids is 2. The van der Waals surface area contributed by atoms with Crippen LogP contribution in [0.3, 0.4) is 0 Å². The van der Waals surface area contributed by atoms with E-state index >= 15 is 0 Å². The average Bonchev–Trinajstić information content (AvgIpc) is 2.71. The SMILES string of the molecule is COc1ccc(C=C(NC(=O)c2ccc(C)cc2)C(=O)NCCCN(C)C)cc1. The van der Waals surface area contributed by atoms with Crippen LogP contribution in [0.15, 0.2) is 54.2 Å². The highest BCUT2D eigenvalue weighted by molar-refractivity contribution is 6.05. The van der Waals surface area contributed by atoms with Gasteiger partial charge >= 0.3 is 0 Å². The molecule has 2 aromatic rings. The topological polar surface area (TPSA) is 70.7 Å². The summed E-state index contributed by atoms with van der Waals surface area (Å²) in [5.41, 5.74) is 2.55. The minimum absolute atomic E-state index is 0.200. The van der Waals surface area contributed by atoms with Crippen LogP contribution in [0, 0.1) is 6.92 Å². The fraction of sp³-hybridized carbons (Fsp3) is 0.304. The smallest absolute Gasteiger partial charge is 0.267 e. The zero-order valence-corrected chi connectivity index (χ0v) is 17.5. The molecule has 2 aromatic carbocycles. The zero-order chi connectivity index (χ0) is 21.2. The summed E-state index contributed by atoms with van der Waals surface area (Å²) in [5.74, 6) is 0.0776. The van der Waals surface area contributed by atoms with Gasteiger partial charge in [-0.1, -0.05) is 29.8 Å². The van der Waals surface area contributed by atoms with Crippen LogP contribution in [0.1, 0.15) is 27.9 Å². The number of nitrogens with zero attached hydrogens (tertiary/aromatic N) is 1. The highest BCUT2D eigenvalue weighted by Gasteiger charge is 2.14. The van der Waals surface area contributed by atoms with Gasteiger partial charge < -0.3 is 20.3 Å². The van der Waals surface area contributed by atoms with Crippen LogP contribution in [-0.2, 0) is 4.79 Å². The lowest BCUT2D eigenvalue weighted by Crippen LogP contribution is -2.36. The Morgan fingerprint density at radius 3 is 2.28 bits per heavy atom. The molecule has 154 valence electrons. The number of methoxy groups -OCH3 is 1. The predicted octanol–water partition coefficient (Wildman–Crippen LogP) is 2.84. The number of hydrogen-bond acceptors (Lipinski definition) is 4. The molecular formula is C23H29N3O3. The summed E-state index contributed by atoms with van der Waals surface area (Å²) in [6.45, 7) is 3.35. The number of carbonyl (C=O) groups is 2. The third-order valence-electron chi connectivity index (χ3n) is 4.30. The third kappa shape index (κ3) is 7.43.